The molecule has 0 aromatic rings. The zero-order valence-electron chi connectivity index (χ0n) is 47.8. The number of hydrogen-bond donors (Lipinski definition) is 0. The predicted octanol–water partition coefficient (Wildman–Crippen LogP) is 21.2. The van der Waals surface area contributed by atoms with Gasteiger partial charge in [0.05, 0.1) is 0 Å². The monoisotopic (exact) mass is 997 g/mol. The highest BCUT2D eigenvalue weighted by Gasteiger charge is 2.19. The minimum absolute atomic E-state index is 0.0709. The van der Waals surface area contributed by atoms with Gasteiger partial charge in [-0.25, -0.2) is 0 Å². The lowest BCUT2D eigenvalue weighted by Gasteiger charge is -2.18. The van der Waals surface area contributed by atoms with Gasteiger partial charge >= 0.3 is 17.9 Å². The number of carbonyl (C=O) groups excluding carboxylic acids is 3. The fraction of sp³-hybridized carbons (Fsp3) is 0.862. The maximum Gasteiger partial charge on any atom is 0.306 e. The molecule has 1 unspecified atom stereocenters. The van der Waals surface area contributed by atoms with Crippen molar-refractivity contribution in [2.75, 3.05) is 13.2 Å². The van der Waals surface area contributed by atoms with Crippen molar-refractivity contribution in [3.63, 3.8) is 0 Å². The minimum atomic E-state index is -0.774. The molecule has 0 aliphatic carbocycles. The summed E-state index contributed by atoms with van der Waals surface area (Å²) in [5.41, 5.74) is 0. The molecule has 0 fully saturated rings. The lowest BCUT2D eigenvalue weighted by atomic mass is 10.0. The van der Waals surface area contributed by atoms with Gasteiger partial charge in [-0.2, -0.15) is 0 Å². The minimum Gasteiger partial charge on any atom is -0.462 e. The molecule has 0 aromatic heterocycles. The Labute approximate surface area is 442 Å². The lowest BCUT2D eigenvalue weighted by molar-refractivity contribution is -0.167. The number of carbonyl (C=O) groups is 3. The molecule has 6 nitrogen and oxygen atoms in total. The van der Waals surface area contributed by atoms with Crippen molar-refractivity contribution >= 4 is 17.9 Å². The van der Waals surface area contributed by atoms with Gasteiger partial charge in [0.2, 0.25) is 0 Å². The second-order valence-corrected chi connectivity index (χ2v) is 21.3. The molecule has 0 saturated carbocycles. The summed E-state index contributed by atoms with van der Waals surface area (Å²) in [6.07, 6.45) is 72.8. The van der Waals surface area contributed by atoms with E-state index in [1.54, 1.807) is 0 Å². The molecule has 1 atom stereocenters. The van der Waals surface area contributed by atoms with Crippen LogP contribution in [0.2, 0.25) is 0 Å². The molecule has 0 aliphatic rings. The quantitative estimate of drug-likeness (QED) is 0.0261. The molecule has 0 saturated heterocycles. The van der Waals surface area contributed by atoms with Gasteiger partial charge in [0.1, 0.15) is 13.2 Å². The topological polar surface area (TPSA) is 78.9 Å². The molecule has 71 heavy (non-hydrogen) atoms. The average molecular weight is 998 g/mol. The van der Waals surface area contributed by atoms with E-state index in [1.165, 1.54) is 225 Å². The number of unbranched alkanes of at least 4 members (excludes halogenated alkanes) is 41. The zero-order valence-corrected chi connectivity index (χ0v) is 47.8. The van der Waals surface area contributed by atoms with Crippen LogP contribution in [0.1, 0.15) is 342 Å². The lowest BCUT2D eigenvalue weighted by Crippen LogP contribution is -2.30. The third-order valence-corrected chi connectivity index (χ3v) is 14.1. The van der Waals surface area contributed by atoms with Crippen molar-refractivity contribution in [2.24, 2.45) is 0 Å². The normalized spacial score (nSPS) is 12.2. The molecule has 416 valence electrons. The molecular formula is C65H120O6. The first-order valence-corrected chi connectivity index (χ1v) is 31.5. The number of allylic oxidation sites excluding steroid dienone is 6. The summed E-state index contributed by atoms with van der Waals surface area (Å²) in [6.45, 7) is 6.66. The average Bonchev–Trinajstić information content (AvgIpc) is 3.37. The Hall–Kier alpha value is -2.37. The Kier molecular flexibility index (Phi) is 58.2. The third-order valence-electron chi connectivity index (χ3n) is 14.1. The summed E-state index contributed by atoms with van der Waals surface area (Å²) in [7, 11) is 0. The smallest absolute Gasteiger partial charge is 0.306 e. The van der Waals surface area contributed by atoms with Crippen LogP contribution >= 0.6 is 0 Å². The van der Waals surface area contributed by atoms with E-state index in [2.05, 4.69) is 57.2 Å². The van der Waals surface area contributed by atoms with E-state index in [-0.39, 0.29) is 31.1 Å². The predicted molar refractivity (Wildman–Crippen MR) is 307 cm³/mol. The van der Waals surface area contributed by atoms with Crippen molar-refractivity contribution in [3.05, 3.63) is 36.5 Å². The van der Waals surface area contributed by atoms with Crippen LogP contribution in [0.3, 0.4) is 0 Å². The Balaban J connectivity index is 4.34. The Morgan fingerprint density at radius 2 is 0.507 bits per heavy atom. The van der Waals surface area contributed by atoms with Crippen molar-refractivity contribution in [1.29, 1.82) is 0 Å². The molecule has 0 heterocycles. The molecule has 0 aromatic carbocycles. The van der Waals surface area contributed by atoms with Gasteiger partial charge < -0.3 is 14.2 Å². The first kappa shape index (κ1) is 68.6. The highest BCUT2D eigenvalue weighted by Crippen LogP contribution is 2.17. The number of rotatable bonds is 58. The fourth-order valence-electron chi connectivity index (χ4n) is 9.39. The number of ether oxygens (including phenoxy) is 3. The van der Waals surface area contributed by atoms with Crippen molar-refractivity contribution < 1.29 is 28.6 Å². The number of hydrogen-bond acceptors (Lipinski definition) is 6. The second kappa shape index (κ2) is 60.2. The third kappa shape index (κ3) is 58.4. The SMILES string of the molecule is CCCCC/C=C\C/C=C\C/C=C\CCCCCCCCC(=O)OCC(COC(=O)CCCCCCCCCCCCCCCCC)OC(=O)CCCCCCCCCCCCCCCCCCCCC. The molecule has 6 heteroatoms. The van der Waals surface area contributed by atoms with Crippen molar-refractivity contribution in [1.82, 2.24) is 0 Å². The highest BCUT2D eigenvalue weighted by molar-refractivity contribution is 5.71. The van der Waals surface area contributed by atoms with E-state index in [9.17, 15) is 14.4 Å². The van der Waals surface area contributed by atoms with E-state index in [0.717, 1.165) is 77.0 Å². The zero-order chi connectivity index (χ0) is 51.4. The van der Waals surface area contributed by atoms with Gasteiger partial charge in [-0.1, -0.05) is 301 Å². The van der Waals surface area contributed by atoms with E-state index in [1.807, 2.05) is 0 Å². The van der Waals surface area contributed by atoms with Gasteiger partial charge in [-0.15, -0.1) is 0 Å². The van der Waals surface area contributed by atoms with Crippen LogP contribution in [0.4, 0.5) is 0 Å². The van der Waals surface area contributed by atoms with Crippen molar-refractivity contribution in [2.45, 2.75) is 348 Å². The van der Waals surface area contributed by atoms with Crippen LogP contribution in [0.5, 0.6) is 0 Å². The van der Waals surface area contributed by atoms with Gasteiger partial charge in [0.15, 0.2) is 6.10 Å². The molecule has 0 amide bonds. The molecular weight excluding hydrogens is 877 g/mol. The Morgan fingerprint density at radius 3 is 0.817 bits per heavy atom. The summed E-state index contributed by atoms with van der Waals surface area (Å²) in [6, 6.07) is 0. The summed E-state index contributed by atoms with van der Waals surface area (Å²) in [4.78, 5) is 38.3. The van der Waals surface area contributed by atoms with Gasteiger partial charge in [-0.05, 0) is 57.8 Å². The summed E-state index contributed by atoms with van der Waals surface area (Å²) < 4.78 is 16.9. The highest BCUT2D eigenvalue weighted by atomic mass is 16.6. The molecule has 0 radical (unpaired) electrons. The van der Waals surface area contributed by atoms with E-state index in [4.69, 9.17) is 14.2 Å². The van der Waals surface area contributed by atoms with Crippen LogP contribution in [0.15, 0.2) is 36.5 Å². The van der Waals surface area contributed by atoms with E-state index < -0.39 is 6.10 Å². The maximum atomic E-state index is 12.9. The molecule has 0 aliphatic heterocycles. The van der Waals surface area contributed by atoms with Gasteiger partial charge in [-0.3, -0.25) is 14.4 Å². The van der Waals surface area contributed by atoms with Crippen LogP contribution in [0, 0.1) is 0 Å². The van der Waals surface area contributed by atoms with E-state index in [0.29, 0.717) is 19.3 Å². The molecule has 0 spiro atoms. The number of esters is 3. The van der Waals surface area contributed by atoms with Crippen LogP contribution in [-0.4, -0.2) is 37.2 Å². The van der Waals surface area contributed by atoms with Crippen molar-refractivity contribution in [3.8, 4) is 0 Å². The first-order chi connectivity index (χ1) is 35.0. The van der Waals surface area contributed by atoms with Gasteiger partial charge in [0.25, 0.3) is 0 Å². The second-order valence-electron chi connectivity index (χ2n) is 21.3. The van der Waals surface area contributed by atoms with Crippen LogP contribution < -0.4 is 0 Å². The largest absolute Gasteiger partial charge is 0.462 e. The summed E-state index contributed by atoms with van der Waals surface area (Å²) in [5, 5.41) is 0. The fourth-order valence-corrected chi connectivity index (χ4v) is 9.39. The van der Waals surface area contributed by atoms with E-state index >= 15 is 0 Å². The Morgan fingerprint density at radius 1 is 0.282 bits per heavy atom. The maximum absolute atomic E-state index is 12.9. The molecule has 0 bridgehead atoms. The first-order valence-electron chi connectivity index (χ1n) is 31.5. The van der Waals surface area contributed by atoms with Crippen LogP contribution in [-0.2, 0) is 28.6 Å². The standard InChI is InChI=1S/C65H120O6/c1-4-7-10-13-16-19-22-25-28-30-32-34-37-40-43-46-49-52-55-58-64(67)70-61-62(60-69-63(66)57-54-51-48-45-42-39-36-27-24-21-18-15-12-9-6-3)71-65(68)59-56-53-50-47-44-41-38-35-33-31-29-26-23-20-17-14-11-8-5-2/h16,19,25,28,32,34,62H,4-15,17-18,20-24,26-27,29-31,33,35-61H2,1-3H3/b19-16-,28-25-,34-32-. The molecule has 0 N–H and O–H groups in total. The molecule has 0 rings (SSSR count). The van der Waals surface area contributed by atoms with Crippen LogP contribution in [0.25, 0.3) is 0 Å². The Bertz CT molecular complexity index is 1190. The summed E-state index contributed by atoms with van der Waals surface area (Å²) >= 11 is 0. The summed E-state index contributed by atoms with van der Waals surface area (Å²) in [5.74, 6) is -0.859. The van der Waals surface area contributed by atoms with Gasteiger partial charge in [0, 0.05) is 19.3 Å².